The van der Waals surface area contributed by atoms with E-state index in [1.165, 1.54) is 0 Å². The molecule has 2 aromatic rings. The van der Waals surface area contributed by atoms with Crippen LogP contribution >= 0.6 is 0 Å². The molecule has 1 saturated carbocycles. The summed E-state index contributed by atoms with van der Waals surface area (Å²) in [6.45, 7) is 5.51. The molecule has 2 aromatic carbocycles. The van der Waals surface area contributed by atoms with Gasteiger partial charge in [-0.05, 0) is 29.7 Å². The molecule has 0 aliphatic heterocycles. The minimum atomic E-state index is -1.07. The summed E-state index contributed by atoms with van der Waals surface area (Å²) in [6, 6.07) is 10.1. The van der Waals surface area contributed by atoms with Crippen molar-refractivity contribution in [2.45, 2.75) is 39.7 Å². The van der Waals surface area contributed by atoms with Crippen molar-refractivity contribution >= 4 is 22.6 Å². The molecule has 0 bridgehead atoms. The number of amides is 1. The van der Waals surface area contributed by atoms with E-state index < -0.39 is 23.3 Å². The summed E-state index contributed by atoms with van der Waals surface area (Å²) < 4.78 is 5.90. The lowest BCUT2D eigenvalue weighted by atomic mass is 9.86. The number of carbonyl (C=O) groups excluding carboxylic acids is 1. The number of hydrogen-bond acceptors (Lipinski definition) is 3. The maximum Gasteiger partial charge on any atom is 0.326 e. The molecule has 1 atom stereocenters. The Morgan fingerprint density at radius 1 is 1.21 bits per heavy atom. The minimum Gasteiger partial charge on any atom is -0.480 e. The fourth-order valence-electron chi connectivity index (χ4n) is 2.96. The molecule has 0 aromatic heterocycles. The van der Waals surface area contributed by atoms with Gasteiger partial charge >= 0.3 is 5.97 Å². The van der Waals surface area contributed by atoms with Gasteiger partial charge in [0.05, 0.1) is 5.56 Å². The zero-order valence-electron chi connectivity index (χ0n) is 16.4. The molecule has 5 nitrogen and oxygen atoms in total. The summed E-state index contributed by atoms with van der Waals surface area (Å²) >= 11 is 0. The number of carboxylic acid groups (broad SMARTS) is 1. The van der Waals surface area contributed by atoms with E-state index in [9.17, 15) is 14.7 Å². The number of nitrogens with one attached hydrogen (secondary N) is 1. The third kappa shape index (κ3) is 4.64. The molecule has 0 heterocycles. The van der Waals surface area contributed by atoms with Gasteiger partial charge in [-0.2, -0.15) is 0 Å². The van der Waals surface area contributed by atoms with Crippen LogP contribution in [0.15, 0.2) is 36.4 Å². The van der Waals surface area contributed by atoms with Crippen molar-refractivity contribution in [1.29, 1.82) is 0 Å². The van der Waals surface area contributed by atoms with Crippen LogP contribution in [0.1, 0.15) is 44.0 Å². The molecular formula is C23H25NO4. The lowest BCUT2D eigenvalue weighted by molar-refractivity contribution is -0.142. The fraction of sp³-hybridized carbons (Fsp3) is 0.391. The van der Waals surface area contributed by atoms with Gasteiger partial charge in [-0.25, -0.2) is 4.79 Å². The topological polar surface area (TPSA) is 75.6 Å². The van der Waals surface area contributed by atoms with E-state index in [-0.39, 0.29) is 6.61 Å². The Labute approximate surface area is 165 Å². The van der Waals surface area contributed by atoms with E-state index in [0.717, 1.165) is 23.6 Å². The van der Waals surface area contributed by atoms with Crippen molar-refractivity contribution in [1.82, 2.24) is 5.32 Å². The summed E-state index contributed by atoms with van der Waals surface area (Å²) in [7, 11) is 0. The number of ether oxygens (including phenoxy) is 1. The van der Waals surface area contributed by atoms with Crippen molar-refractivity contribution < 1.29 is 19.4 Å². The maximum atomic E-state index is 12.9. The van der Waals surface area contributed by atoms with Crippen molar-refractivity contribution in [2.24, 2.45) is 11.3 Å². The minimum absolute atomic E-state index is 0.187. The number of carbonyl (C=O) groups is 2. The number of rotatable bonds is 5. The second-order valence-electron chi connectivity index (χ2n) is 8.16. The molecule has 2 N–H and O–H groups in total. The number of hydrogen-bond donors (Lipinski definition) is 2. The monoisotopic (exact) mass is 379 g/mol. The predicted molar refractivity (Wildman–Crippen MR) is 108 cm³/mol. The van der Waals surface area contributed by atoms with E-state index in [2.05, 4.69) is 17.2 Å². The molecule has 0 spiro atoms. The first kappa shape index (κ1) is 19.8. The molecule has 1 unspecified atom stereocenters. The summed E-state index contributed by atoms with van der Waals surface area (Å²) in [4.78, 5) is 24.6. The molecular weight excluding hydrogens is 354 g/mol. The maximum absolute atomic E-state index is 12.9. The highest BCUT2D eigenvalue weighted by Crippen LogP contribution is 2.31. The molecule has 0 radical (unpaired) electrons. The van der Waals surface area contributed by atoms with E-state index in [4.69, 9.17) is 4.74 Å². The van der Waals surface area contributed by atoms with Crippen molar-refractivity contribution in [3.63, 3.8) is 0 Å². The molecule has 146 valence electrons. The average molecular weight is 379 g/mol. The first-order valence-corrected chi connectivity index (χ1v) is 9.44. The molecule has 1 aliphatic carbocycles. The van der Waals surface area contributed by atoms with Gasteiger partial charge in [-0.3, -0.25) is 4.79 Å². The fourth-order valence-corrected chi connectivity index (χ4v) is 2.96. The smallest absolute Gasteiger partial charge is 0.326 e. The second kappa shape index (κ2) is 7.93. The highest BCUT2D eigenvalue weighted by Gasteiger charge is 2.33. The van der Waals surface area contributed by atoms with Crippen LogP contribution in [0.4, 0.5) is 0 Å². The zero-order valence-corrected chi connectivity index (χ0v) is 16.4. The Morgan fingerprint density at radius 3 is 2.57 bits per heavy atom. The largest absolute Gasteiger partial charge is 0.480 e. The standard InChI is InChI=1S/C23H25NO4/c1-23(2,3)20(22(26)27)24-21(25)18-13-12-16-8-4-5-9-17(16)19(18)28-14-6-7-15-10-11-15/h4-5,8-9,12-13,15,20H,10-11,14H2,1-3H3,(H,24,25)(H,26,27). The average Bonchev–Trinajstić information content (AvgIpc) is 3.46. The van der Waals surface area contributed by atoms with Gasteiger partial charge in [-0.1, -0.05) is 62.9 Å². The summed E-state index contributed by atoms with van der Waals surface area (Å²) in [6.07, 6.45) is 2.27. The van der Waals surface area contributed by atoms with Gasteiger partial charge < -0.3 is 15.2 Å². The van der Waals surface area contributed by atoms with Gasteiger partial charge in [0.1, 0.15) is 18.4 Å². The molecule has 28 heavy (non-hydrogen) atoms. The number of fused-ring (bicyclic) bond motifs is 1. The molecule has 5 heteroatoms. The highest BCUT2D eigenvalue weighted by atomic mass is 16.5. The highest BCUT2D eigenvalue weighted by molar-refractivity contribution is 6.05. The van der Waals surface area contributed by atoms with Gasteiger partial charge in [0.15, 0.2) is 0 Å². The Morgan fingerprint density at radius 2 is 1.93 bits per heavy atom. The van der Waals surface area contributed by atoms with Crippen molar-refractivity contribution in [3.05, 3.63) is 42.0 Å². The third-order valence-electron chi connectivity index (χ3n) is 4.68. The van der Waals surface area contributed by atoms with Crippen LogP contribution in [0.25, 0.3) is 10.8 Å². The van der Waals surface area contributed by atoms with Gasteiger partial charge in [0, 0.05) is 11.3 Å². The molecule has 0 saturated heterocycles. The van der Waals surface area contributed by atoms with E-state index in [1.807, 2.05) is 30.3 Å². The molecule has 1 fully saturated rings. The van der Waals surface area contributed by atoms with Crippen LogP contribution in [0.3, 0.4) is 0 Å². The van der Waals surface area contributed by atoms with Gasteiger partial charge in [0.25, 0.3) is 5.91 Å². The first-order chi connectivity index (χ1) is 13.3. The van der Waals surface area contributed by atoms with E-state index in [0.29, 0.717) is 17.2 Å². The van der Waals surface area contributed by atoms with Crippen molar-refractivity contribution in [3.8, 4) is 17.6 Å². The molecule has 1 amide bonds. The number of benzene rings is 2. The zero-order chi connectivity index (χ0) is 20.3. The van der Waals surface area contributed by atoms with Gasteiger partial charge in [0.2, 0.25) is 0 Å². The van der Waals surface area contributed by atoms with Crippen LogP contribution in [0.5, 0.6) is 5.75 Å². The molecule has 1 aliphatic rings. The van der Waals surface area contributed by atoms with Crippen molar-refractivity contribution in [2.75, 3.05) is 6.61 Å². The van der Waals surface area contributed by atoms with Crippen LogP contribution in [0.2, 0.25) is 0 Å². The number of aliphatic carboxylic acids is 1. The summed E-state index contributed by atoms with van der Waals surface area (Å²) in [5, 5.41) is 13.9. The predicted octanol–water partition coefficient (Wildman–Crippen LogP) is 3.86. The number of carboxylic acids is 1. The van der Waals surface area contributed by atoms with Crippen LogP contribution in [-0.2, 0) is 4.79 Å². The Kier molecular flexibility index (Phi) is 5.60. The molecule has 3 rings (SSSR count). The lowest BCUT2D eigenvalue weighted by Gasteiger charge is -2.28. The van der Waals surface area contributed by atoms with Crippen LogP contribution in [-0.4, -0.2) is 29.6 Å². The van der Waals surface area contributed by atoms with Gasteiger partial charge in [-0.15, -0.1) is 0 Å². The first-order valence-electron chi connectivity index (χ1n) is 9.44. The Hall–Kier alpha value is -3.00. The second-order valence-corrected chi connectivity index (χ2v) is 8.16. The Balaban J connectivity index is 1.92. The Bertz CT molecular complexity index is 958. The quantitative estimate of drug-likeness (QED) is 0.774. The SMILES string of the molecule is CC(C)(C)C(NC(=O)c1ccc2ccccc2c1OCC#CC1CC1)C(=O)O. The lowest BCUT2D eigenvalue weighted by Crippen LogP contribution is -2.49. The third-order valence-corrected chi connectivity index (χ3v) is 4.68. The van der Waals surface area contributed by atoms with Crippen LogP contribution in [0, 0.1) is 23.2 Å². The summed E-state index contributed by atoms with van der Waals surface area (Å²) in [5.41, 5.74) is -0.322. The normalized spacial score (nSPS) is 14.7. The van der Waals surface area contributed by atoms with Crippen LogP contribution < -0.4 is 10.1 Å². The van der Waals surface area contributed by atoms with E-state index in [1.54, 1.807) is 26.8 Å². The van der Waals surface area contributed by atoms with E-state index >= 15 is 0 Å². The summed E-state index contributed by atoms with van der Waals surface area (Å²) in [5.74, 6) is 5.51.